The van der Waals surface area contributed by atoms with E-state index in [1.807, 2.05) is 6.07 Å². The van der Waals surface area contributed by atoms with Gasteiger partial charge in [-0.05, 0) is 23.8 Å². The van der Waals surface area contributed by atoms with E-state index >= 15 is 0 Å². The van der Waals surface area contributed by atoms with E-state index in [1.54, 1.807) is 48.8 Å². The third-order valence-electron chi connectivity index (χ3n) is 2.32. The van der Waals surface area contributed by atoms with Gasteiger partial charge in [-0.15, -0.1) is 0 Å². The largest absolute Gasteiger partial charge is 0.340 e. The third-order valence-corrected chi connectivity index (χ3v) is 3.21. The third kappa shape index (κ3) is 4.45. The van der Waals surface area contributed by atoms with E-state index in [1.165, 1.54) is 0 Å². The van der Waals surface area contributed by atoms with Crippen LogP contribution in [0.4, 0.5) is 4.79 Å². The van der Waals surface area contributed by atoms with E-state index in [0.29, 0.717) is 11.4 Å². The molecule has 1 heterocycles. The molecule has 104 valence electrons. The molecule has 1 aromatic carbocycles. The number of carbonyl (C=O) groups is 1. The van der Waals surface area contributed by atoms with Crippen LogP contribution in [-0.2, 0) is 21.9 Å². The number of pyridine rings is 1. The van der Waals surface area contributed by atoms with Gasteiger partial charge in [-0.25, -0.2) is 14.5 Å². The fraction of sp³-hybridized carbons (Fsp3) is 0.0769. The standard InChI is InChI=1S/C13H13N3O3S/c17-13(15-10-11-5-4-8-14-9-11)16-19-20(18)12-6-2-1-3-7-12/h1-9H,10H2,(H2,15,16,17). The molecule has 2 amide bonds. The van der Waals surface area contributed by atoms with Crippen molar-refractivity contribution < 1.29 is 13.3 Å². The van der Waals surface area contributed by atoms with Gasteiger partial charge in [0.15, 0.2) is 0 Å². The molecule has 0 radical (unpaired) electrons. The van der Waals surface area contributed by atoms with Gasteiger partial charge in [-0.2, -0.15) is 4.28 Å². The van der Waals surface area contributed by atoms with Crippen molar-refractivity contribution in [1.82, 2.24) is 15.8 Å². The topological polar surface area (TPSA) is 80.3 Å². The average Bonchev–Trinajstić information content (AvgIpc) is 2.52. The highest BCUT2D eigenvalue weighted by Crippen LogP contribution is 2.04. The molecule has 0 saturated carbocycles. The lowest BCUT2D eigenvalue weighted by Crippen LogP contribution is -2.35. The maximum Gasteiger partial charge on any atom is 0.340 e. The molecule has 6 nitrogen and oxygen atoms in total. The number of hydrogen-bond donors (Lipinski definition) is 2. The summed E-state index contributed by atoms with van der Waals surface area (Å²) in [6.07, 6.45) is 3.29. The van der Waals surface area contributed by atoms with Crippen molar-refractivity contribution in [3.63, 3.8) is 0 Å². The first kappa shape index (κ1) is 14.2. The minimum absolute atomic E-state index is 0.307. The predicted molar refractivity (Wildman–Crippen MR) is 73.5 cm³/mol. The van der Waals surface area contributed by atoms with E-state index in [-0.39, 0.29) is 0 Å². The number of hydrogen-bond acceptors (Lipinski definition) is 4. The molecular weight excluding hydrogens is 278 g/mol. The molecule has 1 atom stereocenters. The molecule has 1 unspecified atom stereocenters. The first-order valence-electron chi connectivity index (χ1n) is 5.82. The quantitative estimate of drug-likeness (QED) is 0.819. The number of benzene rings is 1. The van der Waals surface area contributed by atoms with Crippen molar-refractivity contribution in [3.8, 4) is 0 Å². The van der Waals surface area contributed by atoms with E-state index in [0.717, 1.165) is 5.56 Å². The highest BCUT2D eigenvalue weighted by molar-refractivity contribution is 7.80. The van der Waals surface area contributed by atoms with Crippen LogP contribution in [0.25, 0.3) is 0 Å². The summed E-state index contributed by atoms with van der Waals surface area (Å²) in [6.45, 7) is 0.307. The number of hydroxylamine groups is 1. The second-order valence-electron chi connectivity index (χ2n) is 3.78. The van der Waals surface area contributed by atoms with E-state index in [9.17, 15) is 9.00 Å². The summed E-state index contributed by atoms with van der Waals surface area (Å²) in [5.41, 5.74) is 2.93. The fourth-order valence-corrected chi connectivity index (χ4v) is 2.00. The van der Waals surface area contributed by atoms with Gasteiger partial charge in [-0.1, -0.05) is 24.3 Å². The number of nitrogens with one attached hydrogen (secondary N) is 2. The zero-order valence-electron chi connectivity index (χ0n) is 10.5. The Morgan fingerprint density at radius 1 is 1.20 bits per heavy atom. The number of urea groups is 1. The number of carbonyl (C=O) groups excluding carboxylic acids is 1. The van der Waals surface area contributed by atoms with Gasteiger partial charge < -0.3 is 5.32 Å². The Morgan fingerprint density at radius 2 is 2.00 bits per heavy atom. The van der Waals surface area contributed by atoms with Crippen molar-refractivity contribution in [2.45, 2.75) is 11.4 Å². The molecule has 7 heteroatoms. The highest BCUT2D eigenvalue weighted by Gasteiger charge is 2.06. The van der Waals surface area contributed by atoms with Gasteiger partial charge in [0.25, 0.3) is 0 Å². The second kappa shape index (κ2) is 7.37. The molecule has 0 spiro atoms. The van der Waals surface area contributed by atoms with Crippen molar-refractivity contribution in [3.05, 3.63) is 60.4 Å². The smallest absolute Gasteiger partial charge is 0.332 e. The van der Waals surface area contributed by atoms with Crippen LogP contribution in [0.15, 0.2) is 59.8 Å². The van der Waals surface area contributed by atoms with Crippen molar-refractivity contribution >= 4 is 17.1 Å². The van der Waals surface area contributed by atoms with Gasteiger partial charge in [0, 0.05) is 18.9 Å². The number of aromatic nitrogens is 1. The van der Waals surface area contributed by atoms with Crippen LogP contribution in [0.5, 0.6) is 0 Å². The van der Waals surface area contributed by atoms with Crippen LogP contribution in [0, 0.1) is 0 Å². The zero-order chi connectivity index (χ0) is 14.2. The van der Waals surface area contributed by atoms with Gasteiger partial charge in [-0.3, -0.25) is 4.98 Å². The lowest BCUT2D eigenvalue weighted by atomic mass is 10.3. The van der Waals surface area contributed by atoms with Gasteiger partial charge in [0.1, 0.15) is 0 Å². The molecule has 0 bridgehead atoms. The Bertz CT molecular complexity index is 578. The molecule has 0 saturated heterocycles. The number of rotatable bonds is 5. The van der Waals surface area contributed by atoms with Gasteiger partial charge >= 0.3 is 6.03 Å². The summed E-state index contributed by atoms with van der Waals surface area (Å²) < 4.78 is 16.4. The SMILES string of the molecule is O=C(NCc1cccnc1)NOS(=O)c1ccccc1. The summed E-state index contributed by atoms with van der Waals surface area (Å²) in [7, 11) is 0. The maximum absolute atomic E-state index is 11.7. The second-order valence-corrected chi connectivity index (χ2v) is 4.88. The van der Waals surface area contributed by atoms with E-state index in [2.05, 4.69) is 15.8 Å². The lowest BCUT2D eigenvalue weighted by molar-refractivity contribution is 0.188. The van der Waals surface area contributed by atoms with Crippen LogP contribution in [0.3, 0.4) is 0 Å². The summed E-state index contributed by atoms with van der Waals surface area (Å²) in [5.74, 6) is 0. The molecule has 20 heavy (non-hydrogen) atoms. The van der Waals surface area contributed by atoms with Gasteiger partial charge in [0.05, 0.1) is 4.90 Å². The minimum atomic E-state index is -1.74. The van der Waals surface area contributed by atoms with Crippen LogP contribution in [0.2, 0.25) is 0 Å². The van der Waals surface area contributed by atoms with Crippen LogP contribution < -0.4 is 10.8 Å². The number of amides is 2. The molecule has 0 aliphatic heterocycles. The highest BCUT2D eigenvalue weighted by atomic mass is 32.2. The summed E-state index contributed by atoms with van der Waals surface area (Å²) in [6, 6.07) is 11.6. The first-order chi connectivity index (χ1) is 9.75. The summed E-state index contributed by atoms with van der Waals surface area (Å²) in [4.78, 5) is 15.8. The van der Waals surface area contributed by atoms with Crippen LogP contribution in [-0.4, -0.2) is 15.2 Å². The molecule has 2 aromatic rings. The van der Waals surface area contributed by atoms with Crippen molar-refractivity contribution in [2.75, 3.05) is 0 Å². The molecule has 1 aromatic heterocycles. The van der Waals surface area contributed by atoms with E-state index < -0.39 is 17.1 Å². The molecule has 0 aliphatic rings. The Kier molecular flexibility index (Phi) is 5.22. The maximum atomic E-state index is 11.7. The predicted octanol–water partition coefficient (Wildman–Crippen LogP) is 1.54. The van der Waals surface area contributed by atoms with Crippen molar-refractivity contribution in [2.24, 2.45) is 0 Å². The number of nitrogens with zero attached hydrogens (tertiary/aromatic N) is 1. The van der Waals surface area contributed by atoms with Crippen molar-refractivity contribution in [1.29, 1.82) is 0 Å². The Balaban J connectivity index is 1.74. The Hall–Kier alpha value is -2.25. The monoisotopic (exact) mass is 291 g/mol. The normalized spacial score (nSPS) is 11.6. The van der Waals surface area contributed by atoms with E-state index in [4.69, 9.17) is 4.28 Å². The summed E-state index contributed by atoms with van der Waals surface area (Å²) in [5, 5.41) is 2.56. The molecule has 2 rings (SSSR count). The van der Waals surface area contributed by atoms with Crippen LogP contribution >= 0.6 is 0 Å². The van der Waals surface area contributed by atoms with Crippen LogP contribution in [0.1, 0.15) is 5.56 Å². The minimum Gasteiger partial charge on any atom is -0.332 e. The molecule has 0 fully saturated rings. The lowest BCUT2D eigenvalue weighted by Gasteiger charge is -2.06. The zero-order valence-corrected chi connectivity index (χ0v) is 11.3. The first-order valence-corrected chi connectivity index (χ1v) is 6.90. The average molecular weight is 291 g/mol. The molecule has 2 N–H and O–H groups in total. The molecule has 0 aliphatic carbocycles. The Labute approximate surface area is 118 Å². The molecular formula is C13H13N3O3S. The fourth-order valence-electron chi connectivity index (χ4n) is 1.38. The summed E-state index contributed by atoms with van der Waals surface area (Å²) >= 11 is -1.74. The Morgan fingerprint density at radius 3 is 2.70 bits per heavy atom. The van der Waals surface area contributed by atoms with Gasteiger partial charge in [0.2, 0.25) is 11.1 Å².